The van der Waals surface area contributed by atoms with Crippen molar-refractivity contribution in [1.29, 1.82) is 0 Å². The van der Waals surface area contributed by atoms with E-state index < -0.39 is 0 Å². The van der Waals surface area contributed by atoms with Crippen molar-refractivity contribution in [3.63, 3.8) is 0 Å². The molecule has 0 bridgehead atoms. The Bertz CT molecular complexity index is 183. The molecule has 94 valence electrons. The van der Waals surface area contributed by atoms with Crippen LogP contribution in [-0.4, -0.2) is 37.1 Å². The van der Waals surface area contributed by atoms with Gasteiger partial charge >= 0.3 is 0 Å². The lowest BCUT2D eigenvalue weighted by molar-refractivity contribution is 0.260. The molecule has 1 N–H and O–H groups in total. The third-order valence-electron chi connectivity index (χ3n) is 3.50. The zero-order valence-electron chi connectivity index (χ0n) is 11.0. The Morgan fingerprint density at radius 3 is 2.81 bits per heavy atom. The first-order valence-electron chi connectivity index (χ1n) is 6.93. The summed E-state index contributed by atoms with van der Waals surface area (Å²) in [4.78, 5) is 2.57. The van der Waals surface area contributed by atoms with E-state index in [0.29, 0.717) is 0 Å². The summed E-state index contributed by atoms with van der Waals surface area (Å²) in [6, 6.07) is 0.782. The Balaban J connectivity index is 2.11. The van der Waals surface area contributed by atoms with Crippen LogP contribution in [0.4, 0.5) is 0 Å². The van der Waals surface area contributed by atoms with Crippen LogP contribution in [0.2, 0.25) is 0 Å². The summed E-state index contributed by atoms with van der Waals surface area (Å²) in [7, 11) is 0. The van der Waals surface area contributed by atoms with Crippen LogP contribution in [0.25, 0.3) is 0 Å². The van der Waals surface area contributed by atoms with E-state index in [1.807, 2.05) is 0 Å². The predicted octanol–water partition coefficient (Wildman–Crippen LogP) is 2.81. The molecule has 0 aromatic rings. The second-order valence-corrected chi connectivity index (χ2v) is 4.73. The molecule has 0 spiro atoms. The molecule has 1 rings (SSSR count). The molecule has 0 radical (unpaired) electrons. The van der Waals surface area contributed by atoms with E-state index in [9.17, 15) is 0 Å². The summed E-state index contributed by atoms with van der Waals surface area (Å²) >= 11 is 0. The maximum Gasteiger partial charge on any atom is 0.00792 e. The molecule has 1 aliphatic heterocycles. The first kappa shape index (κ1) is 13.7. The zero-order valence-corrected chi connectivity index (χ0v) is 11.0. The molecule has 0 saturated carbocycles. The second-order valence-electron chi connectivity index (χ2n) is 4.73. The average molecular weight is 224 g/mol. The molecule has 1 fully saturated rings. The quantitative estimate of drug-likeness (QED) is 0.669. The Morgan fingerprint density at radius 1 is 1.31 bits per heavy atom. The van der Waals surface area contributed by atoms with E-state index in [2.05, 4.69) is 36.2 Å². The second kappa shape index (κ2) is 8.77. The molecule has 2 nitrogen and oxygen atoms in total. The van der Waals surface area contributed by atoms with Crippen molar-refractivity contribution in [2.75, 3.05) is 26.2 Å². The zero-order chi connectivity index (χ0) is 11.6. The summed E-state index contributed by atoms with van der Waals surface area (Å²) in [5, 5.41) is 3.63. The molecule has 1 aliphatic rings. The van der Waals surface area contributed by atoms with E-state index in [-0.39, 0.29) is 0 Å². The van der Waals surface area contributed by atoms with Crippen LogP contribution < -0.4 is 5.32 Å². The lowest BCUT2D eigenvalue weighted by Crippen LogP contribution is -2.37. The number of hydrogen-bond donors (Lipinski definition) is 1. The highest BCUT2D eigenvalue weighted by Gasteiger charge is 2.13. The van der Waals surface area contributed by atoms with Gasteiger partial charge in [0.15, 0.2) is 0 Å². The summed E-state index contributed by atoms with van der Waals surface area (Å²) in [5.74, 6) is 0. The van der Waals surface area contributed by atoms with Crippen molar-refractivity contribution in [2.24, 2.45) is 0 Å². The van der Waals surface area contributed by atoms with Gasteiger partial charge in [0.2, 0.25) is 0 Å². The van der Waals surface area contributed by atoms with Crippen LogP contribution in [0.3, 0.4) is 0 Å². The van der Waals surface area contributed by atoms with Gasteiger partial charge in [-0.3, -0.25) is 0 Å². The van der Waals surface area contributed by atoms with Gasteiger partial charge in [0, 0.05) is 12.6 Å². The number of allylic oxidation sites excluding steroid dienone is 1. The van der Waals surface area contributed by atoms with E-state index in [4.69, 9.17) is 0 Å². The van der Waals surface area contributed by atoms with Crippen molar-refractivity contribution in [3.8, 4) is 0 Å². The molecule has 0 aliphatic carbocycles. The SMILES string of the molecule is CC=CCCN(CC)CCC1CCCCN1. The number of nitrogens with zero attached hydrogens (tertiary/aromatic N) is 1. The summed E-state index contributed by atoms with van der Waals surface area (Å²) < 4.78 is 0. The smallest absolute Gasteiger partial charge is 0.00792 e. The van der Waals surface area contributed by atoms with Crippen LogP contribution in [0.15, 0.2) is 12.2 Å². The minimum absolute atomic E-state index is 0.782. The van der Waals surface area contributed by atoms with Crippen LogP contribution in [-0.2, 0) is 0 Å². The predicted molar refractivity (Wildman–Crippen MR) is 71.8 cm³/mol. The Kier molecular flexibility index (Phi) is 7.52. The molecule has 2 heteroatoms. The topological polar surface area (TPSA) is 15.3 Å². The fraction of sp³-hybridized carbons (Fsp3) is 0.857. The van der Waals surface area contributed by atoms with E-state index >= 15 is 0 Å². The molecule has 0 aromatic heterocycles. The average Bonchev–Trinajstić information content (AvgIpc) is 2.35. The molecule has 0 aromatic carbocycles. The van der Waals surface area contributed by atoms with Gasteiger partial charge in [-0.1, -0.05) is 25.5 Å². The normalized spacial score (nSPS) is 22.1. The van der Waals surface area contributed by atoms with Crippen LogP contribution in [0, 0.1) is 0 Å². The molecule has 1 heterocycles. The highest BCUT2D eigenvalue weighted by atomic mass is 15.1. The molecular formula is C14H28N2. The van der Waals surface area contributed by atoms with Gasteiger partial charge in [-0.05, 0) is 52.2 Å². The summed E-state index contributed by atoms with van der Waals surface area (Å²) in [6.07, 6.45) is 11.1. The van der Waals surface area contributed by atoms with Crippen molar-refractivity contribution in [1.82, 2.24) is 10.2 Å². The van der Waals surface area contributed by atoms with Gasteiger partial charge < -0.3 is 10.2 Å². The number of piperidine rings is 1. The molecule has 0 amide bonds. The highest BCUT2D eigenvalue weighted by molar-refractivity contribution is 4.79. The van der Waals surface area contributed by atoms with Crippen LogP contribution in [0.5, 0.6) is 0 Å². The van der Waals surface area contributed by atoms with Gasteiger partial charge in [0.25, 0.3) is 0 Å². The fourth-order valence-electron chi connectivity index (χ4n) is 2.36. The minimum atomic E-state index is 0.782. The Hall–Kier alpha value is -0.340. The molecular weight excluding hydrogens is 196 g/mol. The van der Waals surface area contributed by atoms with Crippen molar-refractivity contribution in [2.45, 2.75) is 52.0 Å². The number of nitrogens with one attached hydrogen (secondary N) is 1. The molecule has 1 atom stereocenters. The highest BCUT2D eigenvalue weighted by Crippen LogP contribution is 2.10. The lowest BCUT2D eigenvalue weighted by Gasteiger charge is -2.27. The lowest BCUT2D eigenvalue weighted by atomic mass is 10.0. The van der Waals surface area contributed by atoms with E-state index in [1.165, 1.54) is 58.3 Å². The van der Waals surface area contributed by atoms with Crippen molar-refractivity contribution >= 4 is 0 Å². The van der Waals surface area contributed by atoms with Crippen LogP contribution >= 0.6 is 0 Å². The first-order chi connectivity index (χ1) is 7.86. The summed E-state index contributed by atoms with van der Waals surface area (Å²) in [6.45, 7) is 9.26. The van der Waals surface area contributed by atoms with Gasteiger partial charge in [-0.15, -0.1) is 0 Å². The maximum absolute atomic E-state index is 3.63. The van der Waals surface area contributed by atoms with E-state index in [1.54, 1.807) is 0 Å². The van der Waals surface area contributed by atoms with Gasteiger partial charge in [0.05, 0.1) is 0 Å². The molecule has 1 unspecified atom stereocenters. The maximum atomic E-state index is 3.63. The molecule has 1 saturated heterocycles. The van der Waals surface area contributed by atoms with Crippen molar-refractivity contribution in [3.05, 3.63) is 12.2 Å². The monoisotopic (exact) mass is 224 g/mol. The fourth-order valence-corrected chi connectivity index (χ4v) is 2.36. The Labute approximate surface area is 101 Å². The Morgan fingerprint density at radius 2 is 2.19 bits per heavy atom. The van der Waals surface area contributed by atoms with Gasteiger partial charge in [0.1, 0.15) is 0 Å². The first-order valence-corrected chi connectivity index (χ1v) is 6.93. The molecule has 16 heavy (non-hydrogen) atoms. The van der Waals surface area contributed by atoms with Crippen molar-refractivity contribution < 1.29 is 0 Å². The minimum Gasteiger partial charge on any atom is -0.314 e. The third kappa shape index (κ3) is 5.66. The van der Waals surface area contributed by atoms with Crippen LogP contribution in [0.1, 0.15) is 46.0 Å². The van der Waals surface area contributed by atoms with Gasteiger partial charge in [-0.2, -0.15) is 0 Å². The standard InChI is InChI=1S/C14H28N2/c1-3-5-8-12-16(4-2)13-10-14-9-6-7-11-15-14/h3,5,14-15H,4,6-13H2,1-2H3. The number of hydrogen-bond acceptors (Lipinski definition) is 2. The van der Waals surface area contributed by atoms with Gasteiger partial charge in [-0.25, -0.2) is 0 Å². The van der Waals surface area contributed by atoms with E-state index in [0.717, 1.165) is 6.04 Å². The number of rotatable bonds is 7. The summed E-state index contributed by atoms with van der Waals surface area (Å²) in [5.41, 5.74) is 0. The third-order valence-corrected chi connectivity index (χ3v) is 3.50. The largest absolute Gasteiger partial charge is 0.314 e.